The fraction of sp³-hybridized carbons (Fsp3) is 0.120. The van der Waals surface area contributed by atoms with Crippen LogP contribution < -0.4 is 4.74 Å². The number of carbonyl (C=O) groups excluding carboxylic acids is 1. The van der Waals surface area contributed by atoms with Gasteiger partial charge in [-0.15, -0.1) is 0 Å². The number of aromatic nitrogens is 2. The minimum atomic E-state index is -0.477. The molecule has 0 saturated heterocycles. The van der Waals surface area contributed by atoms with Gasteiger partial charge in [-0.25, -0.2) is 0 Å². The molecule has 1 aromatic heterocycles. The molecule has 1 unspecified atom stereocenters. The molecule has 0 aliphatic carbocycles. The molecule has 4 aromatic rings. The summed E-state index contributed by atoms with van der Waals surface area (Å²) in [5, 5.41) is 19.1. The third-order valence-electron chi connectivity index (χ3n) is 5.91. The molecule has 0 spiro atoms. The van der Waals surface area contributed by atoms with E-state index in [2.05, 4.69) is 10.2 Å². The number of nitrogens with zero attached hydrogens (tertiary/aromatic N) is 3. The number of ether oxygens (including phenoxy) is 1. The van der Waals surface area contributed by atoms with Crippen LogP contribution in [0.3, 0.4) is 0 Å². The lowest BCUT2D eigenvalue weighted by atomic mass is 9.95. The molecular weight excluding hydrogens is 456 g/mol. The minimum Gasteiger partial charge on any atom is -0.497 e. The Morgan fingerprint density at radius 2 is 1.74 bits per heavy atom. The maximum Gasteiger partial charge on any atom is 0.273 e. The van der Waals surface area contributed by atoms with Crippen LogP contribution in [-0.2, 0) is 6.54 Å². The zero-order valence-electron chi connectivity index (χ0n) is 18.1. The first-order valence-electron chi connectivity index (χ1n) is 10.5. The molecule has 0 bridgehead atoms. The number of halogens is 1. The summed E-state index contributed by atoms with van der Waals surface area (Å²) in [6.07, 6.45) is 0. The number of aromatic amines is 1. The monoisotopic (exact) mass is 474 g/mol. The zero-order chi connectivity index (χ0) is 23.8. The van der Waals surface area contributed by atoms with Crippen LogP contribution in [0.5, 0.6) is 5.75 Å². The van der Waals surface area contributed by atoms with E-state index in [0.717, 1.165) is 28.0 Å². The lowest BCUT2D eigenvalue weighted by Gasteiger charge is -2.26. The van der Waals surface area contributed by atoms with E-state index >= 15 is 0 Å². The van der Waals surface area contributed by atoms with Crippen molar-refractivity contribution in [2.24, 2.45) is 0 Å². The van der Waals surface area contributed by atoms with Gasteiger partial charge in [-0.2, -0.15) is 5.10 Å². The number of H-pyrrole nitrogens is 1. The van der Waals surface area contributed by atoms with Crippen LogP contribution in [0.25, 0.3) is 11.3 Å². The molecule has 0 fully saturated rings. The number of nitro groups is 1. The minimum absolute atomic E-state index is 0.0138. The second kappa shape index (κ2) is 8.64. The zero-order valence-corrected chi connectivity index (χ0v) is 18.8. The Balaban J connectivity index is 1.60. The normalized spacial score (nSPS) is 14.8. The van der Waals surface area contributed by atoms with Crippen molar-refractivity contribution in [3.8, 4) is 17.0 Å². The number of amides is 1. The Bertz CT molecular complexity index is 1370. The van der Waals surface area contributed by atoms with Gasteiger partial charge < -0.3 is 9.64 Å². The van der Waals surface area contributed by atoms with Gasteiger partial charge in [0.25, 0.3) is 11.6 Å². The Morgan fingerprint density at radius 1 is 1.06 bits per heavy atom. The predicted molar refractivity (Wildman–Crippen MR) is 127 cm³/mol. The Morgan fingerprint density at radius 3 is 2.35 bits per heavy atom. The van der Waals surface area contributed by atoms with Crippen molar-refractivity contribution in [2.75, 3.05) is 7.11 Å². The average Bonchev–Trinajstić information content (AvgIpc) is 3.39. The largest absolute Gasteiger partial charge is 0.497 e. The van der Waals surface area contributed by atoms with Crippen molar-refractivity contribution < 1.29 is 14.5 Å². The molecule has 170 valence electrons. The van der Waals surface area contributed by atoms with Crippen molar-refractivity contribution in [1.29, 1.82) is 0 Å². The summed E-state index contributed by atoms with van der Waals surface area (Å²) in [5.41, 5.74) is 4.25. The summed E-state index contributed by atoms with van der Waals surface area (Å²) in [6.45, 7) is 0.340. The van der Waals surface area contributed by atoms with Crippen LogP contribution >= 0.6 is 11.6 Å². The summed E-state index contributed by atoms with van der Waals surface area (Å²) >= 11 is 6.06. The molecule has 1 N–H and O–H groups in total. The molecule has 0 saturated carbocycles. The highest BCUT2D eigenvalue weighted by molar-refractivity contribution is 6.30. The highest BCUT2D eigenvalue weighted by Crippen LogP contribution is 2.43. The van der Waals surface area contributed by atoms with Crippen LogP contribution in [0, 0.1) is 10.1 Å². The van der Waals surface area contributed by atoms with Crippen molar-refractivity contribution in [3.05, 3.63) is 110 Å². The number of hydrogen-bond acceptors (Lipinski definition) is 5. The maximum absolute atomic E-state index is 13.5. The van der Waals surface area contributed by atoms with Crippen molar-refractivity contribution in [3.63, 3.8) is 0 Å². The van der Waals surface area contributed by atoms with E-state index in [1.54, 1.807) is 36.3 Å². The number of benzene rings is 3. The molecule has 3 aromatic carbocycles. The first-order valence-corrected chi connectivity index (χ1v) is 10.9. The Kier molecular flexibility index (Phi) is 5.51. The summed E-state index contributed by atoms with van der Waals surface area (Å²) in [6, 6.07) is 20.5. The average molecular weight is 475 g/mol. The quantitative estimate of drug-likeness (QED) is 0.298. The van der Waals surface area contributed by atoms with Crippen LogP contribution in [0.1, 0.15) is 33.2 Å². The van der Waals surface area contributed by atoms with E-state index in [4.69, 9.17) is 16.3 Å². The van der Waals surface area contributed by atoms with E-state index in [1.807, 2.05) is 36.4 Å². The fourth-order valence-electron chi connectivity index (χ4n) is 4.24. The first kappa shape index (κ1) is 21.7. The van der Waals surface area contributed by atoms with Gasteiger partial charge in [-0.05, 0) is 47.5 Å². The van der Waals surface area contributed by atoms with Crippen LogP contribution in [-0.4, -0.2) is 33.0 Å². The summed E-state index contributed by atoms with van der Waals surface area (Å²) in [5.74, 6) is 0.532. The van der Waals surface area contributed by atoms with Crippen LogP contribution in [0.15, 0.2) is 72.8 Å². The smallest absolute Gasteiger partial charge is 0.273 e. The lowest BCUT2D eigenvalue weighted by Crippen LogP contribution is -2.29. The van der Waals surface area contributed by atoms with Gasteiger partial charge in [-0.3, -0.25) is 20.0 Å². The molecule has 0 radical (unpaired) electrons. The molecule has 1 atom stereocenters. The fourth-order valence-corrected chi connectivity index (χ4v) is 4.37. The maximum atomic E-state index is 13.5. The van der Waals surface area contributed by atoms with Crippen LogP contribution in [0.4, 0.5) is 5.69 Å². The summed E-state index contributed by atoms with van der Waals surface area (Å²) < 4.78 is 5.23. The number of hydrogen-bond donors (Lipinski definition) is 1. The number of carbonyl (C=O) groups is 1. The SMILES string of the molecule is COc1ccc(CN2C(=O)c3[nH]nc(-c4ccc(Cl)cc4)c3C2c2ccc([N+](=O)[O-])cc2)cc1. The standard InChI is InChI=1S/C25H19ClN4O4/c1-34-20-12-2-15(3-13-20)14-29-24(17-6-10-19(11-7-17)30(32)33)21-22(27-28-23(21)25(29)31)16-4-8-18(26)9-5-16/h2-13,24H,14H2,1H3,(H,27,28). The molecule has 8 nitrogen and oxygen atoms in total. The van der Waals surface area contributed by atoms with Gasteiger partial charge in [0.15, 0.2) is 0 Å². The van der Waals surface area contributed by atoms with Gasteiger partial charge in [-0.1, -0.05) is 35.9 Å². The Labute approximate surface area is 199 Å². The summed E-state index contributed by atoms with van der Waals surface area (Å²) in [7, 11) is 1.60. The van der Waals surface area contributed by atoms with E-state index in [9.17, 15) is 14.9 Å². The second-order valence-electron chi connectivity index (χ2n) is 7.90. The summed E-state index contributed by atoms with van der Waals surface area (Å²) in [4.78, 5) is 26.0. The molecular formula is C25H19ClN4O4. The van der Waals surface area contributed by atoms with Crippen molar-refractivity contribution >= 4 is 23.2 Å². The van der Waals surface area contributed by atoms with E-state index < -0.39 is 11.0 Å². The molecule has 9 heteroatoms. The number of rotatable bonds is 6. The molecule has 2 heterocycles. The second-order valence-corrected chi connectivity index (χ2v) is 8.34. The number of fused-ring (bicyclic) bond motifs is 1. The van der Waals surface area contributed by atoms with Gasteiger partial charge in [0.05, 0.1) is 23.8 Å². The van der Waals surface area contributed by atoms with Gasteiger partial charge in [0.1, 0.15) is 11.4 Å². The highest BCUT2D eigenvalue weighted by atomic mass is 35.5. The van der Waals surface area contributed by atoms with Gasteiger partial charge >= 0.3 is 0 Å². The van der Waals surface area contributed by atoms with Crippen molar-refractivity contribution in [2.45, 2.75) is 12.6 Å². The number of nitro benzene ring substituents is 1. The van der Waals surface area contributed by atoms with Crippen LogP contribution in [0.2, 0.25) is 5.02 Å². The predicted octanol–water partition coefficient (Wildman–Crippen LogP) is 5.39. The molecule has 34 heavy (non-hydrogen) atoms. The molecule has 1 aliphatic rings. The highest BCUT2D eigenvalue weighted by Gasteiger charge is 2.42. The third kappa shape index (κ3) is 3.78. The first-order chi connectivity index (χ1) is 16.5. The number of non-ortho nitro benzene ring substituents is 1. The third-order valence-corrected chi connectivity index (χ3v) is 6.17. The van der Waals surface area contributed by atoms with E-state index in [-0.39, 0.29) is 11.6 Å². The Hall–Kier alpha value is -4.17. The van der Waals surface area contributed by atoms with E-state index in [1.165, 1.54) is 12.1 Å². The molecule has 5 rings (SSSR count). The molecule has 1 aliphatic heterocycles. The lowest BCUT2D eigenvalue weighted by molar-refractivity contribution is -0.384. The molecule has 1 amide bonds. The number of methoxy groups -OCH3 is 1. The van der Waals surface area contributed by atoms with Gasteiger partial charge in [0, 0.05) is 34.8 Å². The van der Waals surface area contributed by atoms with E-state index in [0.29, 0.717) is 23.0 Å². The van der Waals surface area contributed by atoms with Crippen molar-refractivity contribution in [1.82, 2.24) is 15.1 Å². The topological polar surface area (TPSA) is 101 Å². The number of nitrogens with one attached hydrogen (secondary N) is 1. The van der Waals surface area contributed by atoms with Gasteiger partial charge in [0.2, 0.25) is 0 Å².